The largest absolute Gasteiger partial charge is 0.396 e. The summed E-state index contributed by atoms with van der Waals surface area (Å²) in [5.74, 6) is 0.736. The molecule has 1 atom stereocenters. The minimum absolute atomic E-state index is 0.102. The van der Waals surface area contributed by atoms with Gasteiger partial charge in [-0.15, -0.1) is 0 Å². The third-order valence-electron chi connectivity index (χ3n) is 2.91. The first-order valence-corrected chi connectivity index (χ1v) is 5.54. The van der Waals surface area contributed by atoms with Crippen LogP contribution in [0.1, 0.15) is 29.1 Å². The van der Waals surface area contributed by atoms with E-state index in [9.17, 15) is 4.79 Å². The molecule has 1 aliphatic rings. The van der Waals surface area contributed by atoms with Gasteiger partial charge in [-0.05, 0) is 25.7 Å². The molecule has 5 heteroatoms. The Morgan fingerprint density at radius 1 is 1.75 bits per heavy atom. The maximum absolute atomic E-state index is 12.0. The van der Waals surface area contributed by atoms with E-state index < -0.39 is 0 Å². The number of aliphatic hydroxyl groups is 1. The summed E-state index contributed by atoms with van der Waals surface area (Å²) >= 11 is 0. The topological polar surface area (TPSA) is 66.6 Å². The number of hydrogen-bond donors (Lipinski definition) is 1. The van der Waals surface area contributed by atoms with Gasteiger partial charge in [0.2, 0.25) is 0 Å². The minimum atomic E-state index is -0.102. The van der Waals surface area contributed by atoms with Gasteiger partial charge in [0, 0.05) is 25.8 Å². The van der Waals surface area contributed by atoms with Crippen molar-refractivity contribution < 1.29 is 14.4 Å². The Bertz CT molecular complexity index is 375. The second-order valence-electron chi connectivity index (χ2n) is 4.26. The van der Waals surface area contributed by atoms with Crippen LogP contribution in [-0.2, 0) is 0 Å². The lowest BCUT2D eigenvalue weighted by Crippen LogP contribution is -2.41. The standard InChI is InChI=1S/C11H16N2O3/c1-8-5-10(12-16-8)11(15)13-4-2-3-9(6-13)7-14/h5,9,14H,2-4,6-7H2,1H3. The number of carbonyl (C=O) groups excluding carboxylic acids is 1. The van der Waals surface area contributed by atoms with Crippen LogP contribution >= 0.6 is 0 Å². The molecule has 1 N–H and O–H groups in total. The Balaban J connectivity index is 2.04. The van der Waals surface area contributed by atoms with E-state index in [0.717, 1.165) is 19.4 Å². The summed E-state index contributed by atoms with van der Waals surface area (Å²) in [4.78, 5) is 13.7. The third-order valence-corrected chi connectivity index (χ3v) is 2.91. The molecule has 1 aromatic rings. The molecular formula is C11H16N2O3. The van der Waals surface area contributed by atoms with Gasteiger partial charge in [-0.2, -0.15) is 0 Å². The molecule has 0 radical (unpaired) electrons. The van der Waals surface area contributed by atoms with Crippen LogP contribution in [0, 0.1) is 12.8 Å². The molecule has 1 aliphatic heterocycles. The van der Waals surface area contributed by atoms with E-state index in [1.807, 2.05) is 0 Å². The monoisotopic (exact) mass is 224 g/mol. The Kier molecular flexibility index (Phi) is 3.24. The molecular weight excluding hydrogens is 208 g/mol. The first kappa shape index (κ1) is 11.1. The van der Waals surface area contributed by atoms with Crippen molar-refractivity contribution in [2.24, 2.45) is 5.92 Å². The maximum Gasteiger partial charge on any atom is 0.276 e. The Morgan fingerprint density at radius 2 is 2.56 bits per heavy atom. The van der Waals surface area contributed by atoms with Crippen LogP contribution in [0.25, 0.3) is 0 Å². The number of aryl methyl sites for hydroxylation is 1. The van der Waals surface area contributed by atoms with Crippen molar-refractivity contribution in [3.8, 4) is 0 Å². The Labute approximate surface area is 94.0 Å². The highest BCUT2D eigenvalue weighted by Gasteiger charge is 2.25. The van der Waals surface area contributed by atoms with Crippen molar-refractivity contribution in [1.29, 1.82) is 0 Å². The van der Waals surface area contributed by atoms with Gasteiger partial charge < -0.3 is 14.5 Å². The number of carbonyl (C=O) groups is 1. The molecule has 1 unspecified atom stereocenters. The fourth-order valence-electron chi connectivity index (χ4n) is 2.03. The van der Waals surface area contributed by atoms with Crippen LogP contribution in [0.4, 0.5) is 0 Å². The number of piperidine rings is 1. The highest BCUT2D eigenvalue weighted by atomic mass is 16.5. The SMILES string of the molecule is Cc1cc(C(=O)N2CCCC(CO)C2)no1. The van der Waals surface area contributed by atoms with Crippen LogP contribution in [0.3, 0.4) is 0 Å². The predicted octanol–water partition coefficient (Wildman–Crippen LogP) is 0.828. The highest BCUT2D eigenvalue weighted by Crippen LogP contribution is 2.17. The molecule has 16 heavy (non-hydrogen) atoms. The summed E-state index contributed by atoms with van der Waals surface area (Å²) in [5.41, 5.74) is 0.357. The van der Waals surface area contributed by atoms with Gasteiger partial charge in [-0.1, -0.05) is 5.16 Å². The molecule has 5 nitrogen and oxygen atoms in total. The van der Waals surface area contributed by atoms with E-state index in [4.69, 9.17) is 9.63 Å². The summed E-state index contributed by atoms with van der Waals surface area (Å²) in [6.45, 7) is 3.25. The number of aliphatic hydroxyl groups excluding tert-OH is 1. The number of likely N-dealkylation sites (tertiary alicyclic amines) is 1. The second-order valence-corrected chi connectivity index (χ2v) is 4.26. The van der Waals surface area contributed by atoms with Crippen LogP contribution in [0.2, 0.25) is 0 Å². The molecule has 0 saturated carbocycles. The molecule has 1 saturated heterocycles. The van der Waals surface area contributed by atoms with Crippen molar-refractivity contribution in [1.82, 2.24) is 10.1 Å². The van der Waals surface area contributed by atoms with Gasteiger partial charge in [-0.3, -0.25) is 4.79 Å². The zero-order valence-electron chi connectivity index (χ0n) is 9.35. The van der Waals surface area contributed by atoms with Crippen LogP contribution < -0.4 is 0 Å². The summed E-state index contributed by atoms with van der Waals surface area (Å²) in [7, 11) is 0. The molecule has 0 aliphatic carbocycles. The molecule has 1 amide bonds. The zero-order chi connectivity index (χ0) is 11.5. The average molecular weight is 224 g/mol. The third kappa shape index (κ3) is 2.24. The number of amides is 1. The van der Waals surface area contributed by atoms with E-state index in [1.54, 1.807) is 17.9 Å². The van der Waals surface area contributed by atoms with Gasteiger partial charge in [-0.25, -0.2) is 0 Å². The lowest BCUT2D eigenvalue weighted by Gasteiger charge is -2.31. The normalized spacial score (nSPS) is 21.1. The molecule has 0 aromatic carbocycles. The van der Waals surface area contributed by atoms with Gasteiger partial charge in [0.1, 0.15) is 5.76 Å². The van der Waals surface area contributed by atoms with Crippen LogP contribution in [0.15, 0.2) is 10.6 Å². The summed E-state index contributed by atoms with van der Waals surface area (Å²) in [5, 5.41) is 12.8. The van der Waals surface area contributed by atoms with Gasteiger partial charge >= 0.3 is 0 Å². The van der Waals surface area contributed by atoms with Gasteiger partial charge in [0.05, 0.1) is 0 Å². The molecule has 2 heterocycles. The minimum Gasteiger partial charge on any atom is -0.396 e. The first-order chi connectivity index (χ1) is 7.70. The number of aromatic nitrogens is 1. The highest BCUT2D eigenvalue weighted by molar-refractivity contribution is 5.92. The van der Waals surface area contributed by atoms with Crippen molar-refractivity contribution in [2.75, 3.05) is 19.7 Å². The van der Waals surface area contributed by atoms with E-state index in [2.05, 4.69) is 5.16 Å². The molecule has 1 fully saturated rings. The smallest absolute Gasteiger partial charge is 0.276 e. The van der Waals surface area contributed by atoms with Crippen LogP contribution in [-0.4, -0.2) is 40.8 Å². The van der Waals surface area contributed by atoms with E-state index in [1.165, 1.54) is 0 Å². The average Bonchev–Trinajstić information content (AvgIpc) is 2.75. The maximum atomic E-state index is 12.0. The lowest BCUT2D eigenvalue weighted by atomic mass is 9.99. The quantitative estimate of drug-likeness (QED) is 0.808. The number of nitrogens with zero attached hydrogens (tertiary/aromatic N) is 2. The van der Waals surface area contributed by atoms with Gasteiger partial charge in [0.25, 0.3) is 5.91 Å². The van der Waals surface area contributed by atoms with Crippen LogP contribution in [0.5, 0.6) is 0 Å². The predicted molar refractivity (Wildman–Crippen MR) is 57.0 cm³/mol. The molecule has 0 spiro atoms. The number of hydrogen-bond acceptors (Lipinski definition) is 4. The Morgan fingerprint density at radius 3 is 3.19 bits per heavy atom. The first-order valence-electron chi connectivity index (χ1n) is 5.54. The summed E-state index contributed by atoms with van der Waals surface area (Å²) < 4.78 is 4.88. The fourth-order valence-corrected chi connectivity index (χ4v) is 2.03. The molecule has 0 bridgehead atoms. The Hall–Kier alpha value is -1.36. The van der Waals surface area contributed by atoms with Crippen molar-refractivity contribution in [2.45, 2.75) is 19.8 Å². The van der Waals surface area contributed by atoms with Crippen molar-refractivity contribution in [3.63, 3.8) is 0 Å². The lowest BCUT2D eigenvalue weighted by molar-refractivity contribution is 0.0611. The number of rotatable bonds is 2. The molecule has 2 rings (SSSR count). The summed E-state index contributed by atoms with van der Waals surface area (Å²) in [6, 6.07) is 1.64. The molecule has 88 valence electrons. The van der Waals surface area contributed by atoms with Crippen molar-refractivity contribution >= 4 is 5.91 Å². The zero-order valence-corrected chi connectivity index (χ0v) is 9.35. The van der Waals surface area contributed by atoms with E-state index in [0.29, 0.717) is 18.0 Å². The van der Waals surface area contributed by atoms with Gasteiger partial charge in [0.15, 0.2) is 5.69 Å². The summed E-state index contributed by atoms with van der Waals surface area (Å²) in [6.07, 6.45) is 1.92. The fraction of sp³-hybridized carbons (Fsp3) is 0.636. The van der Waals surface area contributed by atoms with Crippen molar-refractivity contribution in [3.05, 3.63) is 17.5 Å². The second kappa shape index (κ2) is 4.65. The van der Waals surface area contributed by atoms with E-state index in [-0.39, 0.29) is 18.4 Å². The van der Waals surface area contributed by atoms with E-state index >= 15 is 0 Å². The molecule has 1 aromatic heterocycles.